The van der Waals surface area contributed by atoms with Crippen molar-refractivity contribution in [3.8, 4) is 0 Å². The number of aliphatic carboxylic acids is 1. The standard InChI is InChI=1S/C12H15F2N5O2/c1-6(2)5-7(12(20)21)15-8-3-4-9-16-17-11(10(13)14)19(9)18-8/h3-4,6-7,10H,5H2,1-2H3,(H,15,18)(H,20,21). The summed E-state index contributed by atoms with van der Waals surface area (Å²) < 4.78 is 26.4. The largest absolute Gasteiger partial charge is 0.480 e. The van der Waals surface area contributed by atoms with Gasteiger partial charge >= 0.3 is 5.97 Å². The summed E-state index contributed by atoms with van der Waals surface area (Å²) in [7, 11) is 0. The number of hydrogen-bond donors (Lipinski definition) is 2. The minimum Gasteiger partial charge on any atom is -0.480 e. The number of aromatic nitrogens is 4. The molecule has 1 atom stereocenters. The maximum absolute atomic E-state index is 12.7. The van der Waals surface area contributed by atoms with Crippen LogP contribution in [0.3, 0.4) is 0 Å². The number of carboxylic acid groups (broad SMARTS) is 1. The van der Waals surface area contributed by atoms with Gasteiger partial charge in [0.2, 0.25) is 5.82 Å². The lowest BCUT2D eigenvalue weighted by Gasteiger charge is -2.16. The Kier molecular flexibility index (Phi) is 4.29. The van der Waals surface area contributed by atoms with E-state index in [-0.39, 0.29) is 17.4 Å². The van der Waals surface area contributed by atoms with Gasteiger partial charge in [0.05, 0.1) is 0 Å². The summed E-state index contributed by atoms with van der Waals surface area (Å²) in [5.41, 5.74) is 0.173. The average molecular weight is 299 g/mol. The van der Waals surface area contributed by atoms with E-state index in [1.54, 1.807) is 0 Å². The average Bonchev–Trinajstić information content (AvgIpc) is 2.80. The molecule has 0 aliphatic carbocycles. The van der Waals surface area contributed by atoms with Gasteiger partial charge in [-0.1, -0.05) is 13.8 Å². The first-order valence-corrected chi connectivity index (χ1v) is 6.38. The Morgan fingerprint density at radius 2 is 2.10 bits per heavy atom. The van der Waals surface area contributed by atoms with Crippen LogP contribution in [-0.2, 0) is 4.79 Å². The molecule has 0 bridgehead atoms. The van der Waals surface area contributed by atoms with E-state index in [0.29, 0.717) is 6.42 Å². The maximum atomic E-state index is 12.7. The third kappa shape index (κ3) is 3.41. The fourth-order valence-corrected chi connectivity index (χ4v) is 1.89. The van der Waals surface area contributed by atoms with Gasteiger partial charge in [-0.2, -0.15) is 4.52 Å². The number of rotatable bonds is 6. The molecule has 0 aliphatic rings. The molecule has 2 aromatic rings. The van der Waals surface area contributed by atoms with Crippen molar-refractivity contribution in [2.75, 3.05) is 5.32 Å². The quantitative estimate of drug-likeness (QED) is 0.847. The topological polar surface area (TPSA) is 92.4 Å². The highest BCUT2D eigenvalue weighted by Gasteiger charge is 2.21. The zero-order valence-corrected chi connectivity index (χ0v) is 11.5. The number of nitrogens with zero attached hydrogens (tertiary/aromatic N) is 4. The molecule has 2 heterocycles. The Bertz CT molecular complexity index is 644. The Balaban J connectivity index is 2.29. The molecule has 0 aliphatic heterocycles. The predicted molar refractivity (Wildman–Crippen MR) is 70.2 cm³/mol. The van der Waals surface area contributed by atoms with Crippen molar-refractivity contribution < 1.29 is 18.7 Å². The number of halogens is 2. The summed E-state index contributed by atoms with van der Waals surface area (Å²) in [6.07, 6.45) is -2.42. The van der Waals surface area contributed by atoms with E-state index in [1.807, 2.05) is 13.8 Å². The zero-order chi connectivity index (χ0) is 15.6. The highest BCUT2D eigenvalue weighted by molar-refractivity contribution is 5.76. The van der Waals surface area contributed by atoms with Crippen molar-refractivity contribution in [3.05, 3.63) is 18.0 Å². The first-order chi connectivity index (χ1) is 9.88. The molecule has 0 fully saturated rings. The van der Waals surface area contributed by atoms with E-state index in [1.165, 1.54) is 12.1 Å². The lowest BCUT2D eigenvalue weighted by molar-refractivity contribution is -0.138. The molecule has 0 saturated carbocycles. The first-order valence-electron chi connectivity index (χ1n) is 6.38. The van der Waals surface area contributed by atoms with E-state index in [9.17, 15) is 13.6 Å². The second-order valence-corrected chi connectivity index (χ2v) is 5.01. The van der Waals surface area contributed by atoms with Crippen molar-refractivity contribution in [2.24, 2.45) is 5.92 Å². The van der Waals surface area contributed by atoms with Gasteiger partial charge in [-0.25, -0.2) is 13.6 Å². The number of nitrogens with one attached hydrogen (secondary N) is 1. The normalized spacial score (nSPS) is 13.0. The van der Waals surface area contributed by atoms with Gasteiger partial charge in [-0.05, 0) is 24.5 Å². The van der Waals surface area contributed by atoms with Crippen LogP contribution < -0.4 is 5.32 Å². The summed E-state index contributed by atoms with van der Waals surface area (Å²) in [4.78, 5) is 11.2. The number of anilines is 1. The smallest absolute Gasteiger partial charge is 0.326 e. The number of hydrogen-bond acceptors (Lipinski definition) is 5. The van der Waals surface area contributed by atoms with Crippen LogP contribution in [0.15, 0.2) is 12.1 Å². The van der Waals surface area contributed by atoms with Gasteiger partial charge in [-0.3, -0.25) is 0 Å². The summed E-state index contributed by atoms with van der Waals surface area (Å²) in [6.45, 7) is 3.78. The van der Waals surface area contributed by atoms with Crippen LogP contribution in [0, 0.1) is 5.92 Å². The van der Waals surface area contributed by atoms with E-state index < -0.39 is 24.3 Å². The maximum Gasteiger partial charge on any atom is 0.326 e. The fraction of sp³-hybridized carbons (Fsp3) is 0.500. The minimum absolute atomic E-state index is 0.161. The molecule has 0 saturated heterocycles. The van der Waals surface area contributed by atoms with Gasteiger partial charge in [0.15, 0.2) is 5.65 Å². The molecule has 21 heavy (non-hydrogen) atoms. The minimum atomic E-state index is -2.81. The Morgan fingerprint density at radius 1 is 1.38 bits per heavy atom. The molecule has 9 heteroatoms. The summed E-state index contributed by atoms with van der Waals surface area (Å²) in [5.74, 6) is -1.26. The molecule has 2 N–H and O–H groups in total. The monoisotopic (exact) mass is 299 g/mol. The Morgan fingerprint density at radius 3 is 2.67 bits per heavy atom. The zero-order valence-electron chi connectivity index (χ0n) is 11.5. The van der Waals surface area contributed by atoms with Crippen molar-refractivity contribution in [1.82, 2.24) is 19.8 Å². The van der Waals surface area contributed by atoms with Gasteiger partial charge in [0.1, 0.15) is 11.9 Å². The van der Waals surface area contributed by atoms with Crippen molar-refractivity contribution >= 4 is 17.4 Å². The second-order valence-electron chi connectivity index (χ2n) is 5.01. The molecule has 2 aromatic heterocycles. The van der Waals surface area contributed by atoms with Crippen LogP contribution in [0.1, 0.15) is 32.5 Å². The number of carbonyl (C=O) groups is 1. The Hall–Kier alpha value is -2.32. The van der Waals surface area contributed by atoms with Crippen LogP contribution in [0.25, 0.3) is 5.65 Å². The highest BCUT2D eigenvalue weighted by atomic mass is 19.3. The number of carboxylic acids is 1. The molecular weight excluding hydrogens is 284 g/mol. The Labute approximate surface area is 119 Å². The summed E-state index contributed by atoms with van der Waals surface area (Å²) in [5, 5.41) is 22.7. The third-order valence-corrected chi connectivity index (χ3v) is 2.81. The van der Waals surface area contributed by atoms with Crippen LogP contribution in [0.5, 0.6) is 0 Å². The van der Waals surface area contributed by atoms with E-state index in [4.69, 9.17) is 5.11 Å². The van der Waals surface area contributed by atoms with Gasteiger partial charge in [-0.15, -0.1) is 15.3 Å². The first kappa shape index (κ1) is 15.1. The summed E-state index contributed by atoms with van der Waals surface area (Å²) in [6, 6.07) is 2.08. The van der Waals surface area contributed by atoms with E-state index >= 15 is 0 Å². The third-order valence-electron chi connectivity index (χ3n) is 2.81. The van der Waals surface area contributed by atoms with E-state index in [2.05, 4.69) is 20.6 Å². The number of alkyl halides is 2. The van der Waals surface area contributed by atoms with Gasteiger partial charge in [0, 0.05) is 0 Å². The molecule has 0 radical (unpaired) electrons. The highest BCUT2D eigenvalue weighted by Crippen LogP contribution is 2.18. The fourth-order valence-electron chi connectivity index (χ4n) is 1.89. The molecule has 0 spiro atoms. The second kappa shape index (κ2) is 5.98. The molecule has 0 amide bonds. The lowest BCUT2D eigenvalue weighted by Crippen LogP contribution is -2.31. The van der Waals surface area contributed by atoms with Crippen LogP contribution in [0.2, 0.25) is 0 Å². The molecule has 0 aromatic carbocycles. The van der Waals surface area contributed by atoms with Crippen molar-refractivity contribution in [3.63, 3.8) is 0 Å². The van der Waals surface area contributed by atoms with Gasteiger partial charge < -0.3 is 10.4 Å². The molecule has 114 valence electrons. The number of fused-ring (bicyclic) bond motifs is 1. The van der Waals surface area contributed by atoms with Crippen molar-refractivity contribution in [1.29, 1.82) is 0 Å². The summed E-state index contributed by atoms with van der Waals surface area (Å²) >= 11 is 0. The van der Waals surface area contributed by atoms with Crippen molar-refractivity contribution in [2.45, 2.75) is 32.7 Å². The molecule has 7 nitrogen and oxygen atoms in total. The van der Waals surface area contributed by atoms with Crippen LogP contribution >= 0.6 is 0 Å². The predicted octanol–water partition coefficient (Wildman–Crippen LogP) is 1.97. The SMILES string of the molecule is CC(C)CC(Nc1ccc2nnc(C(F)F)n2n1)C(=O)O. The molecule has 1 unspecified atom stereocenters. The van der Waals surface area contributed by atoms with Crippen LogP contribution in [0.4, 0.5) is 14.6 Å². The lowest BCUT2D eigenvalue weighted by atomic mass is 10.0. The van der Waals surface area contributed by atoms with E-state index in [0.717, 1.165) is 4.52 Å². The molecule has 2 rings (SSSR count). The van der Waals surface area contributed by atoms with Gasteiger partial charge in [0.25, 0.3) is 6.43 Å². The van der Waals surface area contributed by atoms with Crippen LogP contribution in [-0.4, -0.2) is 36.9 Å². The molecular formula is C12H15F2N5O2.